The van der Waals surface area contributed by atoms with Gasteiger partial charge in [-0.1, -0.05) is 57.8 Å². The lowest BCUT2D eigenvalue weighted by atomic mass is 9.70. The van der Waals surface area contributed by atoms with Crippen molar-refractivity contribution in [2.75, 3.05) is 0 Å². The maximum atomic E-state index is 4.11. The molecule has 0 heterocycles. The zero-order valence-corrected chi connectivity index (χ0v) is 13.6. The summed E-state index contributed by atoms with van der Waals surface area (Å²) >= 11 is 0. The molecule has 3 fully saturated rings. The smallest absolute Gasteiger partial charge is 0.0101 e. The van der Waals surface area contributed by atoms with Gasteiger partial charge in [0.2, 0.25) is 0 Å². The molecule has 116 valence electrons. The van der Waals surface area contributed by atoms with E-state index in [-0.39, 0.29) is 0 Å². The first kappa shape index (κ1) is 14.9. The molecule has 1 heteroatoms. The van der Waals surface area contributed by atoms with Gasteiger partial charge in [-0.05, 0) is 50.4 Å². The summed E-state index contributed by atoms with van der Waals surface area (Å²) in [5.41, 5.74) is 0. The van der Waals surface area contributed by atoms with E-state index in [1.807, 2.05) is 0 Å². The van der Waals surface area contributed by atoms with Crippen molar-refractivity contribution in [1.82, 2.24) is 5.32 Å². The zero-order valence-electron chi connectivity index (χ0n) is 13.6. The van der Waals surface area contributed by atoms with Crippen molar-refractivity contribution in [3.05, 3.63) is 0 Å². The van der Waals surface area contributed by atoms with Gasteiger partial charge in [0.1, 0.15) is 0 Å². The highest BCUT2D eigenvalue weighted by atomic mass is 15.0. The first-order chi connectivity index (χ1) is 9.84. The highest BCUT2D eigenvalue weighted by Gasteiger charge is 2.34. The molecule has 0 aromatic carbocycles. The van der Waals surface area contributed by atoms with E-state index in [0.29, 0.717) is 0 Å². The number of nitrogens with one attached hydrogen (secondary N) is 1. The third kappa shape index (κ3) is 3.59. The Labute approximate surface area is 126 Å². The summed E-state index contributed by atoms with van der Waals surface area (Å²) in [5.74, 6) is 3.04. The average Bonchev–Trinajstić information content (AvgIpc) is 3.03. The fourth-order valence-electron chi connectivity index (χ4n) is 5.42. The lowest BCUT2D eigenvalue weighted by Crippen LogP contribution is -2.48. The molecule has 3 aliphatic rings. The van der Waals surface area contributed by atoms with Crippen LogP contribution in [0.15, 0.2) is 0 Å². The van der Waals surface area contributed by atoms with E-state index in [1.54, 1.807) is 0 Å². The largest absolute Gasteiger partial charge is 0.311 e. The fraction of sp³-hybridized carbons (Fsp3) is 1.00. The van der Waals surface area contributed by atoms with Crippen molar-refractivity contribution in [1.29, 1.82) is 0 Å². The topological polar surface area (TPSA) is 12.0 Å². The summed E-state index contributed by atoms with van der Waals surface area (Å²) in [6.07, 6.45) is 19.4. The van der Waals surface area contributed by atoms with Gasteiger partial charge in [-0.15, -0.1) is 0 Å². The normalized spacial score (nSPS) is 35.2. The molecule has 3 atom stereocenters. The van der Waals surface area contributed by atoms with Crippen molar-refractivity contribution in [2.45, 2.75) is 102 Å². The second-order valence-corrected chi connectivity index (χ2v) is 7.95. The SMILES string of the molecule is CC(NC1CCCCC1C1CCCCC1)C1CCCC1. The molecule has 0 spiro atoms. The summed E-state index contributed by atoms with van der Waals surface area (Å²) in [6, 6.07) is 1.62. The Morgan fingerprint density at radius 3 is 2.05 bits per heavy atom. The summed E-state index contributed by atoms with van der Waals surface area (Å²) in [7, 11) is 0. The van der Waals surface area contributed by atoms with Crippen LogP contribution in [0.3, 0.4) is 0 Å². The van der Waals surface area contributed by atoms with Crippen LogP contribution in [0.1, 0.15) is 90.4 Å². The Balaban J connectivity index is 1.56. The number of hydrogen-bond acceptors (Lipinski definition) is 1. The van der Waals surface area contributed by atoms with Crippen molar-refractivity contribution < 1.29 is 0 Å². The van der Waals surface area contributed by atoms with E-state index >= 15 is 0 Å². The number of hydrogen-bond donors (Lipinski definition) is 1. The van der Waals surface area contributed by atoms with Crippen LogP contribution in [0.2, 0.25) is 0 Å². The molecule has 20 heavy (non-hydrogen) atoms. The minimum absolute atomic E-state index is 0.770. The Kier molecular flexibility index (Phi) is 5.42. The molecule has 3 aliphatic carbocycles. The first-order valence-corrected chi connectivity index (χ1v) is 9.60. The summed E-state index contributed by atoms with van der Waals surface area (Å²) in [5, 5.41) is 4.11. The molecule has 3 rings (SSSR count). The van der Waals surface area contributed by atoms with Crippen LogP contribution < -0.4 is 5.32 Å². The maximum absolute atomic E-state index is 4.11. The molecule has 0 radical (unpaired) electrons. The van der Waals surface area contributed by atoms with Gasteiger partial charge in [0.15, 0.2) is 0 Å². The molecule has 3 saturated carbocycles. The van der Waals surface area contributed by atoms with Gasteiger partial charge in [-0.2, -0.15) is 0 Å². The summed E-state index contributed by atoms with van der Waals surface area (Å²) < 4.78 is 0. The summed E-state index contributed by atoms with van der Waals surface area (Å²) in [6.45, 7) is 2.47. The Bertz CT molecular complexity index is 275. The minimum atomic E-state index is 0.770. The molecule has 0 saturated heterocycles. The standard InChI is InChI=1S/C19H35N/c1-15(16-9-5-6-10-16)20-19-14-8-7-13-18(19)17-11-3-2-4-12-17/h15-20H,2-14H2,1H3. The van der Waals surface area contributed by atoms with Crippen molar-refractivity contribution in [2.24, 2.45) is 17.8 Å². The monoisotopic (exact) mass is 277 g/mol. The maximum Gasteiger partial charge on any atom is 0.0101 e. The first-order valence-electron chi connectivity index (χ1n) is 9.60. The molecular formula is C19H35N. The lowest BCUT2D eigenvalue weighted by molar-refractivity contribution is 0.135. The van der Waals surface area contributed by atoms with Gasteiger partial charge in [-0.3, -0.25) is 0 Å². The van der Waals surface area contributed by atoms with Gasteiger partial charge >= 0.3 is 0 Å². The average molecular weight is 277 g/mol. The van der Waals surface area contributed by atoms with Crippen LogP contribution in [0.25, 0.3) is 0 Å². The minimum Gasteiger partial charge on any atom is -0.311 e. The van der Waals surface area contributed by atoms with Crippen molar-refractivity contribution in [3.63, 3.8) is 0 Å². The van der Waals surface area contributed by atoms with E-state index in [9.17, 15) is 0 Å². The van der Waals surface area contributed by atoms with E-state index in [0.717, 1.165) is 29.8 Å². The van der Waals surface area contributed by atoms with Gasteiger partial charge < -0.3 is 5.32 Å². The third-order valence-electron chi connectivity index (χ3n) is 6.66. The molecule has 0 amide bonds. The quantitative estimate of drug-likeness (QED) is 0.736. The van der Waals surface area contributed by atoms with Crippen LogP contribution in [0.4, 0.5) is 0 Å². The van der Waals surface area contributed by atoms with E-state index < -0.39 is 0 Å². The molecule has 3 unspecified atom stereocenters. The predicted octanol–water partition coefficient (Wildman–Crippen LogP) is 5.29. The van der Waals surface area contributed by atoms with Crippen LogP contribution in [0.5, 0.6) is 0 Å². The molecule has 0 aromatic rings. The zero-order chi connectivity index (χ0) is 13.8. The Morgan fingerprint density at radius 2 is 1.30 bits per heavy atom. The van der Waals surface area contributed by atoms with E-state index in [4.69, 9.17) is 0 Å². The second kappa shape index (κ2) is 7.29. The molecule has 0 aromatic heterocycles. The van der Waals surface area contributed by atoms with Gasteiger partial charge in [0, 0.05) is 12.1 Å². The van der Waals surface area contributed by atoms with Gasteiger partial charge in [0.25, 0.3) is 0 Å². The van der Waals surface area contributed by atoms with E-state index in [2.05, 4.69) is 12.2 Å². The van der Waals surface area contributed by atoms with E-state index in [1.165, 1.54) is 83.5 Å². The number of rotatable bonds is 4. The highest BCUT2D eigenvalue weighted by molar-refractivity contribution is 4.90. The highest BCUT2D eigenvalue weighted by Crippen LogP contribution is 2.39. The van der Waals surface area contributed by atoms with Crippen LogP contribution in [-0.2, 0) is 0 Å². The second-order valence-electron chi connectivity index (χ2n) is 7.95. The molecule has 0 bridgehead atoms. The Morgan fingerprint density at radius 1 is 0.700 bits per heavy atom. The van der Waals surface area contributed by atoms with Crippen molar-refractivity contribution >= 4 is 0 Å². The van der Waals surface area contributed by atoms with Gasteiger partial charge in [0.05, 0.1) is 0 Å². The summed E-state index contributed by atoms with van der Waals surface area (Å²) in [4.78, 5) is 0. The fourth-order valence-corrected chi connectivity index (χ4v) is 5.42. The Hall–Kier alpha value is -0.0400. The van der Waals surface area contributed by atoms with Crippen LogP contribution in [0, 0.1) is 17.8 Å². The van der Waals surface area contributed by atoms with Crippen LogP contribution >= 0.6 is 0 Å². The third-order valence-corrected chi connectivity index (χ3v) is 6.66. The molecule has 0 aliphatic heterocycles. The molecular weight excluding hydrogens is 242 g/mol. The van der Waals surface area contributed by atoms with Crippen molar-refractivity contribution in [3.8, 4) is 0 Å². The molecule has 1 N–H and O–H groups in total. The van der Waals surface area contributed by atoms with Gasteiger partial charge in [-0.25, -0.2) is 0 Å². The lowest BCUT2D eigenvalue weighted by Gasteiger charge is -2.41. The molecule has 1 nitrogen and oxygen atoms in total. The van der Waals surface area contributed by atoms with Crippen LogP contribution in [-0.4, -0.2) is 12.1 Å². The predicted molar refractivity (Wildman–Crippen MR) is 86.9 cm³/mol.